The lowest BCUT2D eigenvalue weighted by molar-refractivity contribution is -0.384. The van der Waals surface area contributed by atoms with Crippen molar-refractivity contribution in [2.75, 3.05) is 0 Å². The summed E-state index contributed by atoms with van der Waals surface area (Å²) < 4.78 is 0. The first-order chi connectivity index (χ1) is 12.3. The maximum absolute atomic E-state index is 11.8. The third kappa shape index (κ3) is 5.34. The van der Waals surface area contributed by atoms with Gasteiger partial charge in [-0.1, -0.05) is 30.4 Å². The molecule has 0 amide bonds. The van der Waals surface area contributed by atoms with Crippen LogP contribution >= 0.6 is 0 Å². The topological polar surface area (TPSA) is 121 Å². The van der Waals surface area contributed by atoms with Gasteiger partial charge >= 0.3 is 0 Å². The fourth-order valence-corrected chi connectivity index (χ4v) is 1.99. The number of ketones is 1. The number of nitrogens with zero attached hydrogens (tertiary/aromatic N) is 1. The molecule has 0 aliphatic carbocycles. The standard InChI is InChI=1S/C19H15NO6/c21-16(7-4-13-2-1-3-15(10-13)20(25)26)12-17(22)8-5-14-6-9-18(23)19(24)11-14/h1-12,21,23-24H/b7-4+,8-5+,16-12-. The zero-order chi connectivity index (χ0) is 19.1. The number of carbonyl (C=O) groups is 1. The van der Waals surface area contributed by atoms with Gasteiger partial charge in [0.15, 0.2) is 17.3 Å². The summed E-state index contributed by atoms with van der Waals surface area (Å²) in [6, 6.07) is 9.89. The maximum atomic E-state index is 11.8. The van der Waals surface area contributed by atoms with E-state index in [1.54, 1.807) is 6.07 Å². The second kappa shape index (κ2) is 8.29. The van der Waals surface area contributed by atoms with Crippen molar-refractivity contribution in [2.24, 2.45) is 0 Å². The van der Waals surface area contributed by atoms with Gasteiger partial charge in [-0.3, -0.25) is 14.9 Å². The Balaban J connectivity index is 2.05. The number of phenols is 2. The molecule has 7 heteroatoms. The SMILES string of the molecule is O=C(/C=C(O)/C=C/c1cccc([N+](=O)[O-])c1)/C=C/c1ccc(O)c(O)c1. The van der Waals surface area contributed by atoms with E-state index in [0.717, 1.165) is 6.08 Å². The first-order valence-electron chi connectivity index (χ1n) is 7.42. The number of aliphatic hydroxyl groups excluding tert-OH is 1. The fourth-order valence-electron chi connectivity index (χ4n) is 1.99. The average molecular weight is 353 g/mol. The molecule has 0 fully saturated rings. The average Bonchev–Trinajstić information content (AvgIpc) is 2.61. The molecule has 7 nitrogen and oxygen atoms in total. The summed E-state index contributed by atoms with van der Waals surface area (Å²) in [6.07, 6.45) is 6.26. The molecule has 0 radical (unpaired) electrons. The molecule has 3 N–H and O–H groups in total. The summed E-state index contributed by atoms with van der Waals surface area (Å²) in [7, 11) is 0. The molecule has 2 aromatic rings. The summed E-state index contributed by atoms with van der Waals surface area (Å²) >= 11 is 0. The highest BCUT2D eigenvalue weighted by atomic mass is 16.6. The normalized spacial score (nSPS) is 11.9. The van der Waals surface area contributed by atoms with Crippen LogP contribution in [0.1, 0.15) is 11.1 Å². The summed E-state index contributed by atoms with van der Waals surface area (Å²) in [6.45, 7) is 0. The van der Waals surface area contributed by atoms with E-state index >= 15 is 0 Å². The quantitative estimate of drug-likeness (QED) is 0.182. The predicted octanol–water partition coefficient (Wildman–Crippen LogP) is 3.74. The Bertz CT molecular complexity index is 927. The van der Waals surface area contributed by atoms with Crippen molar-refractivity contribution in [3.8, 4) is 11.5 Å². The predicted molar refractivity (Wildman–Crippen MR) is 96.7 cm³/mol. The van der Waals surface area contributed by atoms with E-state index in [0.29, 0.717) is 11.1 Å². The molecular formula is C19H15NO6. The number of non-ortho nitro benzene ring substituents is 1. The minimum absolute atomic E-state index is 0.0771. The maximum Gasteiger partial charge on any atom is 0.270 e. The molecular weight excluding hydrogens is 338 g/mol. The highest BCUT2D eigenvalue weighted by Gasteiger charge is 2.04. The lowest BCUT2D eigenvalue weighted by Gasteiger charge is -1.98. The van der Waals surface area contributed by atoms with E-state index < -0.39 is 10.7 Å². The number of hydrogen-bond donors (Lipinski definition) is 3. The number of nitro benzene ring substituents is 1. The van der Waals surface area contributed by atoms with Gasteiger partial charge in [0.05, 0.1) is 4.92 Å². The second-order valence-electron chi connectivity index (χ2n) is 5.24. The lowest BCUT2D eigenvalue weighted by atomic mass is 10.1. The van der Waals surface area contributed by atoms with Gasteiger partial charge in [-0.25, -0.2) is 0 Å². The number of phenolic OH excluding ortho intramolecular Hbond substituents is 2. The Hall–Kier alpha value is -3.87. The number of aliphatic hydroxyl groups is 1. The van der Waals surface area contributed by atoms with Crippen LogP contribution < -0.4 is 0 Å². The second-order valence-corrected chi connectivity index (χ2v) is 5.24. The Labute approximate surface area is 148 Å². The number of carbonyl (C=O) groups excluding carboxylic acids is 1. The van der Waals surface area contributed by atoms with Crippen molar-refractivity contribution in [3.05, 3.63) is 87.7 Å². The van der Waals surface area contributed by atoms with Crippen LogP contribution in [0.4, 0.5) is 5.69 Å². The van der Waals surface area contributed by atoms with Crippen molar-refractivity contribution >= 4 is 23.6 Å². The molecule has 2 rings (SSSR count). The molecule has 26 heavy (non-hydrogen) atoms. The molecule has 0 aliphatic heterocycles. The molecule has 0 aromatic heterocycles. The van der Waals surface area contributed by atoms with Crippen LogP contribution in [0.3, 0.4) is 0 Å². The molecule has 0 bridgehead atoms. The summed E-state index contributed by atoms with van der Waals surface area (Å²) in [5.74, 6) is -1.39. The lowest BCUT2D eigenvalue weighted by Crippen LogP contribution is -1.89. The Morgan fingerprint density at radius 3 is 2.35 bits per heavy atom. The minimum Gasteiger partial charge on any atom is -0.508 e. The van der Waals surface area contributed by atoms with E-state index in [9.17, 15) is 30.2 Å². The molecule has 0 heterocycles. The monoisotopic (exact) mass is 353 g/mol. The van der Waals surface area contributed by atoms with Crippen molar-refractivity contribution in [2.45, 2.75) is 0 Å². The van der Waals surface area contributed by atoms with Crippen LogP contribution in [-0.2, 0) is 4.79 Å². The van der Waals surface area contributed by atoms with Crippen molar-refractivity contribution in [3.63, 3.8) is 0 Å². The van der Waals surface area contributed by atoms with Crippen LogP contribution in [0.5, 0.6) is 11.5 Å². The molecule has 0 atom stereocenters. The Morgan fingerprint density at radius 2 is 1.65 bits per heavy atom. The molecule has 0 saturated carbocycles. The molecule has 132 valence electrons. The van der Waals surface area contributed by atoms with Crippen LogP contribution in [0.15, 0.2) is 66.5 Å². The van der Waals surface area contributed by atoms with E-state index in [4.69, 9.17) is 0 Å². The molecule has 0 spiro atoms. The van der Waals surface area contributed by atoms with Gasteiger partial charge in [0.1, 0.15) is 5.76 Å². The number of nitro groups is 1. The first-order valence-corrected chi connectivity index (χ1v) is 7.42. The molecule has 2 aromatic carbocycles. The van der Waals surface area contributed by atoms with Crippen molar-refractivity contribution in [1.29, 1.82) is 0 Å². The fraction of sp³-hybridized carbons (Fsp3) is 0. The summed E-state index contributed by atoms with van der Waals surface area (Å²) in [4.78, 5) is 22.0. The number of hydrogen-bond acceptors (Lipinski definition) is 6. The zero-order valence-electron chi connectivity index (χ0n) is 13.4. The number of aromatic hydroxyl groups is 2. The van der Waals surface area contributed by atoms with Gasteiger partial charge in [-0.15, -0.1) is 0 Å². The number of benzene rings is 2. The smallest absolute Gasteiger partial charge is 0.270 e. The van der Waals surface area contributed by atoms with E-state index in [2.05, 4.69) is 0 Å². The third-order valence-electron chi connectivity index (χ3n) is 3.26. The van der Waals surface area contributed by atoms with Crippen LogP contribution in [0.2, 0.25) is 0 Å². The highest BCUT2D eigenvalue weighted by molar-refractivity contribution is 6.02. The number of rotatable bonds is 6. The van der Waals surface area contributed by atoms with Gasteiger partial charge in [0, 0.05) is 18.2 Å². The first kappa shape index (κ1) is 18.5. The van der Waals surface area contributed by atoms with Crippen molar-refractivity contribution < 1.29 is 25.0 Å². The van der Waals surface area contributed by atoms with Gasteiger partial charge in [0.2, 0.25) is 0 Å². The summed E-state index contributed by atoms with van der Waals surface area (Å²) in [5.41, 5.74) is 0.919. The van der Waals surface area contributed by atoms with E-state index in [1.165, 1.54) is 60.7 Å². The Morgan fingerprint density at radius 1 is 0.962 bits per heavy atom. The molecule has 0 unspecified atom stereocenters. The Kier molecular flexibility index (Phi) is 5.89. The molecule has 0 aliphatic rings. The van der Waals surface area contributed by atoms with Crippen LogP contribution in [0.25, 0.3) is 12.2 Å². The summed E-state index contributed by atoms with van der Waals surface area (Å²) in [5, 5.41) is 39.0. The zero-order valence-corrected chi connectivity index (χ0v) is 13.4. The van der Waals surface area contributed by atoms with E-state index in [-0.39, 0.29) is 22.9 Å². The highest BCUT2D eigenvalue weighted by Crippen LogP contribution is 2.25. The number of allylic oxidation sites excluding steroid dienone is 3. The van der Waals surface area contributed by atoms with Crippen LogP contribution in [0, 0.1) is 10.1 Å². The van der Waals surface area contributed by atoms with Gasteiger partial charge in [-0.05, 0) is 35.4 Å². The van der Waals surface area contributed by atoms with Gasteiger partial charge in [0.25, 0.3) is 5.69 Å². The third-order valence-corrected chi connectivity index (χ3v) is 3.26. The van der Waals surface area contributed by atoms with Crippen LogP contribution in [-0.4, -0.2) is 26.0 Å². The largest absolute Gasteiger partial charge is 0.508 e. The minimum atomic E-state index is -0.525. The van der Waals surface area contributed by atoms with Gasteiger partial charge in [-0.2, -0.15) is 0 Å². The van der Waals surface area contributed by atoms with Gasteiger partial charge < -0.3 is 15.3 Å². The van der Waals surface area contributed by atoms with Crippen molar-refractivity contribution in [1.82, 2.24) is 0 Å². The molecule has 0 saturated heterocycles. The van der Waals surface area contributed by atoms with E-state index in [1.807, 2.05) is 0 Å².